The van der Waals surface area contributed by atoms with Gasteiger partial charge < -0.3 is 15.2 Å². The zero-order valence-electron chi connectivity index (χ0n) is 12.1. The zero-order chi connectivity index (χ0) is 15.1. The van der Waals surface area contributed by atoms with Crippen LogP contribution in [0.2, 0.25) is 0 Å². The number of carbonyl (C=O) groups is 1. The SMILES string of the molecule is Cc1ccc(OCC(=O)NCC(O)CC(C)C)c(Br)c1. The Balaban J connectivity index is 2.33. The molecule has 0 aliphatic heterocycles. The Morgan fingerprint density at radius 2 is 2.15 bits per heavy atom. The summed E-state index contributed by atoms with van der Waals surface area (Å²) in [4.78, 5) is 11.6. The van der Waals surface area contributed by atoms with E-state index in [1.54, 1.807) is 0 Å². The fourth-order valence-electron chi connectivity index (χ4n) is 1.78. The van der Waals surface area contributed by atoms with E-state index in [1.807, 2.05) is 39.0 Å². The van der Waals surface area contributed by atoms with Crippen LogP contribution in [0.4, 0.5) is 0 Å². The van der Waals surface area contributed by atoms with E-state index < -0.39 is 6.10 Å². The van der Waals surface area contributed by atoms with Crippen LogP contribution in [0.1, 0.15) is 25.8 Å². The van der Waals surface area contributed by atoms with Crippen molar-refractivity contribution in [3.05, 3.63) is 28.2 Å². The molecule has 4 nitrogen and oxygen atoms in total. The molecule has 2 N–H and O–H groups in total. The van der Waals surface area contributed by atoms with E-state index in [0.717, 1.165) is 10.0 Å². The summed E-state index contributed by atoms with van der Waals surface area (Å²) in [6.45, 7) is 6.25. The minimum atomic E-state index is -0.509. The summed E-state index contributed by atoms with van der Waals surface area (Å²) in [5, 5.41) is 12.3. The highest BCUT2D eigenvalue weighted by atomic mass is 79.9. The van der Waals surface area contributed by atoms with Gasteiger partial charge in [0.15, 0.2) is 6.61 Å². The van der Waals surface area contributed by atoms with E-state index in [4.69, 9.17) is 4.74 Å². The molecule has 0 aliphatic carbocycles. The molecule has 1 rings (SSSR count). The predicted molar refractivity (Wildman–Crippen MR) is 82.8 cm³/mol. The van der Waals surface area contributed by atoms with E-state index in [0.29, 0.717) is 18.1 Å². The number of aliphatic hydroxyl groups excluding tert-OH is 1. The smallest absolute Gasteiger partial charge is 0.258 e. The van der Waals surface area contributed by atoms with Gasteiger partial charge in [0.2, 0.25) is 0 Å². The highest BCUT2D eigenvalue weighted by Gasteiger charge is 2.10. The summed E-state index contributed by atoms with van der Waals surface area (Å²) in [5.41, 5.74) is 1.12. The van der Waals surface area contributed by atoms with Crippen molar-refractivity contribution in [3.63, 3.8) is 0 Å². The molecule has 0 heterocycles. The van der Waals surface area contributed by atoms with Crippen molar-refractivity contribution < 1.29 is 14.6 Å². The van der Waals surface area contributed by atoms with Gasteiger partial charge in [-0.05, 0) is 52.9 Å². The minimum Gasteiger partial charge on any atom is -0.483 e. The highest BCUT2D eigenvalue weighted by molar-refractivity contribution is 9.10. The van der Waals surface area contributed by atoms with Crippen molar-refractivity contribution >= 4 is 21.8 Å². The normalized spacial score (nSPS) is 12.3. The van der Waals surface area contributed by atoms with Crippen LogP contribution in [-0.2, 0) is 4.79 Å². The van der Waals surface area contributed by atoms with Gasteiger partial charge in [-0.15, -0.1) is 0 Å². The van der Waals surface area contributed by atoms with E-state index in [1.165, 1.54) is 0 Å². The van der Waals surface area contributed by atoms with Gasteiger partial charge in [0, 0.05) is 6.54 Å². The Kier molecular flexibility index (Phi) is 7.02. The standard InChI is InChI=1S/C15H22BrNO3/c1-10(2)6-12(18)8-17-15(19)9-20-14-5-4-11(3)7-13(14)16/h4-5,7,10,12,18H,6,8-9H2,1-3H3,(H,17,19). The van der Waals surface area contributed by atoms with Gasteiger partial charge >= 0.3 is 0 Å². The molecule has 0 saturated carbocycles. The molecule has 20 heavy (non-hydrogen) atoms. The average Bonchev–Trinajstić information content (AvgIpc) is 2.34. The zero-order valence-corrected chi connectivity index (χ0v) is 13.7. The first-order valence-electron chi connectivity index (χ1n) is 6.72. The molecule has 1 amide bonds. The van der Waals surface area contributed by atoms with Crippen LogP contribution in [0.5, 0.6) is 5.75 Å². The maximum Gasteiger partial charge on any atom is 0.258 e. The summed E-state index contributed by atoms with van der Waals surface area (Å²) in [7, 11) is 0. The number of aryl methyl sites for hydroxylation is 1. The molecule has 1 aromatic carbocycles. The second-order valence-corrected chi connectivity index (χ2v) is 6.16. The lowest BCUT2D eigenvalue weighted by molar-refractivity contribution is -0.123. The van der Waals surface area contributed by atoms with Gasteiger partial charge in [0.05, 0.1) is 10.6 Å². The minimum absolute atomic E-state index is 0.0595. The number of carbonyl (C=O) groups excluding carboxylic acids is 1. The van der Waals surface area contributed by atoms with Gasteiger partial charge in [0.25, 0.3) is 5.91 Å². The van der Waals surface area contributed by atoms with Gasteiger partial charge in [-0.2, -0.15) is 0 Å². The molecule has 0 spiro atoms. The van der Waals surface area contributed by atoms with Crippen molar-refractivity contribution in [2.75, 3.05) is 13.2 Å². The van der Waals surface area contributed by atoms with Crippen LogP contribution < -0.4 is 10.1 Å². The molecule has 112 valence electrons. The lowest BCUT2D eigenvalue weighted by atomic mass is 10.1. The predicted octanol–water partition coefficient (Wildman–Crippen LogP) is 2.66. The number of nitrogens with one attached hydrogen (secondary N) is 1. The lowest BCUT2D eigenvalue weighted by Crippen LogP contribution is -2.35. The molecule has 0 fully saturated rings. The number of amides is 1. The summed E-state index contributed by atoms with van der Waals surface area (Å²) in [6.07, 6.45) is 0.162. The van der Waals surface area contributed by atoms with Gasteiger partial charge in [0.1, 0.15) is 5.75 Å². The average molecular weight is 344 g/mol. The number of aliphatic hydroxyl groups is 1. The lowest BCUT2D eigenvalue weighted by Gasteiger charge is -2.14. The number of hydrogen-bond acceptors (Lipinski definition) is 3. The van der Waals surface area contributed by atoms with E-state index in [2.05, 4.69) is 21.2 Å². The van der Waals surface area contributed by atoms with Crippen LogP contribution >= 0.6 is 15.9 Å². The van der Waals surface area contributed by atoms with Crippen molar-refractivity contribution in [1.82, 2.24) is 5.32 Å². The first-order chi connectivity index (χ1) is 9.38. The fourth-order valence-corrected chi connectivity index (χ4v) is 2.38. The molecular formula is C15H22BrNO3. The van der Waals surface area contributed by atoms with Crippen LogP contribution in [-0.4, -0.2) is 30.3 Å². The first-order valence-corrected chi connectivity index (χ1v) is 7.51. The molecule has 0 saturated heterocycles. The maximum absolute atomic E-state index is 11.6. The number of ether oxygens (including phenoxy) is 1. The number of hydrogen-bond donors (Lipinski definition) is 2. The Morgan fingerprint density at radius 1 is 1.45 bits per heavy atom. The van der Waals surface area contributed by atoms with Crippen molar-refractivity contribution in [2.24, 2.45) is 5.92 Å². The first kappa shape index (κ1) is 17.0. The van der Waals surface area contributed by atoms with E-state index in [-0.39, 0.29) is 19.1 Å². The van der Waals surface area contributed by atoms with Crippen molar-refractivity contribution in [2.45, 2.75) is 33.3 Å². The number of benzene rings is 1. The van der Waals surface area contributed by atoms with Crippen LogP contribution in [0.25, 0.3) is 0 Å². The van der Waals surface area contributed by atoms with Crippen molar-refractivity contribution in [3.8, 4) is 5.75 Å². The Bertz CT molecular complexity index is 449. The monoisotopic (exact) mass is 343 g/mol. The number of rotatable bonds is 7. The second-order valence-electron chi connectivity index (χ2n) is 5.31. The fraction of sp³-hybridized carbons (Fsp3) is 0.533. The topological polar surface area (TPSA) is 58.6 Å². The summed E-state index contributed by atoms with van der Waals surface area (Å²) >= 11 is 3.39. The Labute approximate surface area is 128 Å². The second kappa shape index (κ2) is 8.27. The van der Waals surface area contributed by atoms with Crippen LogP contribution in [0, 0.1) is 12.8 Å². The van der Waals surface area contributed by atoms with E-state index in [9.17, 15) is 9.90 Å². The molecule has 0 bridgehead atoms. The molecule has 1 unspecified atom stereocenters. The van der Waals surface area contributed by atoms with Gasteiger partial charge in [-0.25, -0.2) is 0 Å². The molecule has 0 aromatic heterocycles. The Hall–Kier alpha value is -1.07. The third-order valence-electron chi connectivity index (χ3n) is 2.72. The van der Waals surface area contributed by atoms with Gasteiger partial charge in [-0.1, -0.05) is 19.9 Å². The quantitative estimate of drug-likeness (QED) is 0.800. The molecule has 0 aliphatic rings. The highest BCUT2D eigenvalue weighted by Crippen LogP contribution is 2.25. The third kappa shape index (κ3) is 6.39. The maximum atomic E-state index is 11.6. The van der Waals surface area contributed by atoms with Gasteiger partial charge in [-0.3, -0.25) is 4.79 Å². The van der Waals surface area contributed by atoms with Crippen LogP contribution in [0.3, 0.4) is 0 Å². The molecule has 1 atom stereocenters. The summed E-state index contributed by atoms with van der Waals surface area (Å²) in [5.74, 6) is 0.801. The third-order valence-corrected chi connectivity index (χ3v) is 3.34. The molecular weight excluding hydrogens is 322 g/mol. The summed E-state index contributed by atoms with van der Waals surface area (Å²) in [6, 6.07) is 5.67. The number of halogens is 1. The Morgan fingerprint density at radius 3 is 2.75 bits per heavy atom. The van der Waals surface area contributed by atoms with Crippen LogP contribution in [0.15, 0.2) is 22.7 Å². The largest absolute Gasteiger partial charge is 0.483 e. The molecule has 1 aromatic rings. The molecule has 5 heteroatoms. The summed E-state index contributed by atoms with van der Waals surface area (Å²) < 4.78 is 6.25. The van der Waals surface area contributed by atoms with Crippen molar-refractivity contribution in [1.29, 1.82) is 0 Å². The molecule has 0 radical (unpaired) electrons. The van der Waals surface area contributed by atoms with E-state index >= 15 is 0 Å².